The molecule has 1 fully saturated rings. The molecule has 0 saturated carbocycles. The van der Waals surface area contributed by atoms with Gasteiger partial charge in [0.05, 0.1) is 24.8 Å². The van der Waals surface area contributed by atoms with Crippen LogP contribution in [0.15, 0.2) is 18.5 Å². The third-order valence-corrected chi connectivity index (χ3v) is 3.29. The van der Waals surface area contributed by atoms with E-state index in [9.17, 15) is 9.59 Å². The van der Waals surface area contributed by atoms with Gasteiger partial charge in [-0.05, 0) is 18.9 Å². The standard InChI is InChI=1S/C13H16N2O4/c1-19-11-7-14-5-4-10(11)12(16)15-6-2-3-9(8-15)13(17)18/h4-5,7,9H,2-3,6,8H2,1H3,(H,17,18)/t9-/m0/s1. The Morgan fingerprint density at radius 1 is 1.53 bits per heavy atom. The first-order chi connectivity index (χ1) is 9.13. The molecule has 0 bridgehead atoms. The molecule has 2 heterocycles. The van der Waals surface area contributed by atoms with Crippen LogP contribution in [0.3, 0.4) is 0 Å². The highest BCUT2D eigenvalue weighted by Gasteiger charge is 2.29. The van der Waals surface area contributed by atoms with Crippen LogP contribution in [0, 0.1) is 5.92 Å². The molecular weight excluding hydrogens is 248 g/mol. The maximum atomic E-state index is 12.4. The number of methoxy groups -OCH3 is 1. The molecule has 0 unspecified atom stereocenters. The molecule has 1 N–H and O–H groups in total. The van der Waals surface area contributed by atoms with Crippen molar-refractivity contribution in [3.63, 3.8) is 0 Å². The largest absolute Gasteiger partial charge is 0.494 e. The van der Waals surface area contributed by atoms with Crippen LogP contribution < -0.4 is 4.74 Å². The van der Waals surface area contributed by atoms with Crippen molar-refractivity contribution in [2.24, 2.45) is 5.92 Å². The minimum atomic E-state index is -0.848. The first-order valence-electron chi connectivity index (χ1n) is 6.13. The molecule has 1 aliphatic rings. The summed E-state index contributed by atoms with van der Waals surface area (Å²) in [5.74, 6) is -1.13. The highest BCUT2D eigenvalue weighted by molar-refractivity contribution is 5.97. The number of hydrogen-bond acceptors (Lipinski definition) is 4. The molecular formula is C13H16N2O4. The second-order valence-electron chi connectivity index (χ2n) is 4.50. The number of rotatable bonds is 3. The first-order valence-corrected chi connectivity index (χ1v) is 6.13. The Morgan fingerprint density at radius 3 is 3.00 bits per heavy atom. The van der Waals surface area contributed by atoms with Crippen LogP contribution in [0.1, 0.15) is 23.2 Å². The summed E-state index contributed by atoms with van der Waals surface area (Å²) in [5.41, 5.74) is 0.420. The maximum Gasteiger partial charge on any atom is 0.308 e. The molecule has 0 aliphatic carbocycles. The zero-order valence-electron chi connectivity index (χ0n) is 10.7. The normalized spacial score (nSPS) is 19.0. The zero-order chi connectivity index (χ0) is 13.8. The van der Waals surface area contributed by atoms with E-state index in [4.69, 9.17) is 9.84 Å². The molecule has 19 heavy (non-hydrogen) atoms. The highest BCUT2D eigenvalue weighted by atomic mass is 16.5. The van der Waals surface area contributed by atoms with Crippen LogP contribution >= 0.6 is 0 Å². The Balaban J connectivity index is 2.17. The van der Waals surface area contributed by atoms with Crippen molar-refractivity contribution in [3.8, 4) is 5.75 Å². The van der Waals surface area contributed by atoms with Gasteiger partial charge in [-0.1, -0.05) is 0 Å². The number of amides is 1. The molecule has 1 aromatic rings. The molecule has 2 rings (SSSR count). The van der Waals surface area contributed by atoms with Gasteiger partial charge >= 0.3 is 5.97 Å². The molecule has 0 aromatic carbocycles. The van der Waals surface area contributed by atoms with Gasteiger partial charge in [-0.2, -0.15) is 0 Å². The number of aliphatic carboxylic acids is 1. The molecule has 1 amide bonds. The Kier molecular flexibility index (Phi) is 3.99. The number of pyridine rings is 1. The number of nitrogens with zero attached hydrogens (tertiary/aromatic N) is 2. The van der Waals surface area contributed by atoms with Crippen LogP contribution in [0.2, 0.25) is 0 Å². The van der Waals surface area contributed by atoms with Gasteiger partial charge in [0.15, 0.2) is 0 Å². The van der Waals surface area contributed by atoms with Gasteiger partial charge in [-0.3, -0.25) is 14.6 Å². The Hall–Kier alpha value is -2.11. The number of ether oxygens (including phenoxy) is 1. The monoisotopic (exact) mass is 264 g/mol. The second kappa shape index (κ2) is 5.69. The van der Waals surface area contributed by atoms with Crippen molar-refractivity contribution >= 4 is 11.9 Å². The average molecular weight is 264 g/mol. The highest BCUT2D eigenvalue weighted by Crippen LogP contribution is 2.22. The van der Waals surface area contributed by atoms with E-state index in [0.29, 0.717) is 30.7 Å². The summed E-state index contributed by atoms with van der Waals surface area (Å²) in [7, 11) is 1.48. The first kappa shape index (κ1) is 13.3. The summed E-state index contributed by atoms with van der Waals surface area (Å²) in [6.45, 7) is 0.827. The molecule has 0 spiro atoms. The quantitative estimate of drug-likeness (QED) is 0.882. The number of carbonyl (C=O) groups excluding carboxylic acids is 1. The number of carbonyl (C=O) groups is 2. The number of aromatic nitrogens is 1. The van der Waals surface area contributed by atoms with Gasteiger partial charge in [0.25, 0.3) is 5.91 Å². The Bertz CT molecular complexity index is 489. The van der Waals surface area contributed by atoms with E-state index in [0.717, 1.165) is 0 Å². The summed E-state index contributed by atoms with van der Waals surface area (Å²) in [5, 5.41) is 9.04. The smallest absolute Gasteiger partial charge is 0.308 e. The van der Waals surface area contributed by atoms with E-state index < -0.39 is 11.9 Å². The van der Waals surface area contributed by atoms with Gasteiger partial charge in [0, 0.05) is 19.3 Å². The van der Waals surface area contributed by atoms with Crippen molar-refractivity contribution in [2.45, 2.75) is 12.8 Å². The van der Waals surface area contributed by atoms with Crippen LogP contribution in [0.25, 0.3) is 0 Å². The van der Waals surface area contributed by atoms with Crippen molar-refractivity contribution in [3.05, 3.63) is 24.0 Å². The fourth-order valence-corrected chi connectivity index (χ4v) is 2.25. The van der Waals surface area contributed by atoms with E-state index in [1.54, 1.807) is 11.0 Å². The minimum Gasteiger partial charge on any atom is -0.494 e. The number of carboxylic acids is 1. The van der Waals surface area contributed by atoms with Gasteiger partial charge < -0.3 is 14.7 Å². The zero-order valence-corrected chi connectivity index (χ0v) is 10.7. The van der Waals surface area contributed by atoms with E-state index in [2.05, 4.69) is 4.98 Å². The van der Waals surface area contributed by atoms with E-state index in [-0.39, 0.29) is 12.5 Å². The Labute approximate surface area is 111 Å². The van der Waals surface area contributed by atoms with Crippen LogP contribution in [-0.4, -0.2) is 47.1 Å². The lowest BCUT2D eigenvalue weighted by atomic mass is 9.97. The third kappa shape index (κ3) is 2.83. The molecule has 102 valence electrons. The Morgan fingerprint density at radius 2 is 2.32 bits per heavy atom. The predicted molar refractivity (Wildman–Crippen MR) is 67.1 cm³/mol. The number of likely N-dealkylation sites (tertiary alicyclic amines) is 1. The van der Waals surface area contributed by atoms with Crippen molar-refractivity contribution in [2.75, 3.05) is 20.2 Å². The summed E-state index contributed by atoms with van der Waals surface area (Å²) in [6, 6.07) is 1.59. The lowest BCUT2D eigenvalue weighted by molar-refractivity contribution is -0.143. The molecule has 6 nitrogen and oxygen atoms in total. The van der Waals surface area contributed by atoms with Crippen LogP contribution in [0.4, 0.5) is 0 Å². The molecule has 0 radical (unpaired) electrons. The van der Waals surface area contributed by atoms with Gasteiger partial charge in [-0.25, -0.2) is 0 Å². The molecule has 1 aromatic heterocycles. The number of hydrogen-bond donors (Lipinski definition) is 1. The maximum absolute atomic E-state index is 12.4. The lowest BCUT2D eigenvalue weighted by Gasteiger charge is -2.31. The molecule has 6 heteroatoms. The number of piperidine rings is 1. The van der Waals surface area contributed by atoms with Crippen molar-refractivity contribution < 1.29 is 19.4 Å². The topological polar surface area (TPSA) is 79.7 Å². The average Bonchev–Trinajstić information content (AvgIpc) is 2.46. The van der Waals surface area contributed by atoms with Crippen molar-refractivity contribution in [1.82, 2.24) is 9.88 Å². The van der Waals surface area contributed by atoms with Crippen molar-refractivity contribution in [1.29, 1.82) is 0 Å². The van der Waals surface area contributed by atoms with Crippen LogP contribution in [-0.2, 0) is 4.79 Å². The van der Waals surface area contributed by atoms with E-state index in [1.165, 1.54) is 19.5 Å². The lowest BCUT2D eigenvalue weighted by Crippen LogP contribution is -2.42. The SMILES string of the molecule is COc1cnccc1C(=O)N1CCC[C@H](C(=O)O)C1. The summed E-state index contributed by atoms with van der Waals surface area (Å²) in [4.78, 5) is 28.8. The van der Waals surface area contributed by atoms with Gasteiger partial charge in [0.2, 0.25) is 0 Å². The fraction of sp³-hybridized carbons (Fsp3) is 0.462. The van der Waals surface area contributed by atoms with Gasteiger partial charge in [-0.15, -0.1) is 0 Å². The predicted octanol–water partition coefficient (Wildman–Crippen LogP) is 1.03. The van der Waals surface area contributed by atoms with E-state index in [1.807, 2.05) is 0 Å². The minimum absolute atomic E-state index is 0.204. The third-order valence-electron chi connectivity index (χ3n) is 3.29. The molecule has 1 aliphatic heterocycles. The van der Waals surface area contributed by atoms with Crippen LogP contribution in [0.5, 0.6) is 5.75 Å². The molecule has 1 saturated heterocycles. The molecule has 1 atom stereocenters. The van der Waals surface area contributed by atoms with E-state index >= 15 is 0 Å². The summed E-state index contributed by atoms with van der Waals surface area (Å²) < 4.78 is 5.11. The summed E-state index contributed by atoms with van der Waals surface area (Å²) >= 11 is 0. The summed E-state index contributed by atoms with van der Waals surface area (Å²) in [6.07, 6.45) is 4.32. The van der Waals surface area contributed by atoms with Gasteiger partial charge in [0.1, 0.15) is 5.75 Å². The second-order valence-corrected chi connectivity index (χ2v) is 4.50. The number of carboxylic acid groups (broad SMARTS) is 1. The fourth-order valence-electron chi connectivity index (χ4n) is 2.25.